The van der Waals surface area contributed by atoms with Gasteiger partial charge in [-0.25, -0.2) is 4.79 Å². The summed E-state index contributed by atoms with van der Waals surface area (Å²) in [5.74, 6) is -2.11. The van der Waals surface area contributed by atoms with Gasteiger partial charge in [0.25, 0.3) is 0 Å². The number of rotatable bonds is 4. The highest BCUT2D eigenvalue weighted by Gasteiger charge is 2.19. The van der Waals surface area contributed by atoms with E-state index in [4.69, 9.17) is 16.7 Å². The predicted octanol–water partition coefficient (Wildman–Crippen LogP) is 3.66. The lowest BCUT2D eigenvalue weighted by Gasteiger charge is -2.02. The van der Waals surface area contributed by atoms with Crippen molar-refractivity contribution in [3.05, 3.63) is 83.4 Å². The second-order valence-corrected chi connectivity index (χ2v) is 4.45. The fourth-order valence-electron chi connectivity index (χ4n) is 1.49. The van der Waals surface area contributed by atoms with Crippen molar-refractivity contribution in [1.29, 1.82) is 0 Å². The fraction of sp³-hybridized carbons (Fsp3) is 0. The summed E-state index contributed by atoms with van der Waals surface area (Å²) < 4.78 is 0. The molecule has 112 valence electrons. The normalized spacial score (nSPS) is 9.14. The third-order valence-electron chi connectivity index (χ3n) is 2.54. The first kappa shape index (κ1) is 17.3. The van der Waals surface area contributed by atoms with Gasteiger partial charge in [-0.1, -0.05) is 60.6 Å². The highest BCUT2D eigenvalue weighted by molar-refractivity contribution is 6.51. The van der Waals surface area contributed by atoms with E-state index in [1.165, 1.54) is 0 Å². The van der Waals surface area contributed by atoms with E-state index in [0.29, 0.717) is 10.6 Å². The lowest BCUT2D eigenvalue weighted by atomic mass is 10.0. The molecule has 1 N–H and O–H groups in total. The van der Waals surface area contributed by atoms with Gasteiger partial charge in [-0.05, 0) is 12.1 Å². The molecular weight excluding hydrogens is 304 g/mol. The summed E-state index contributed by atoms with van der Waals surface area (Å²) in [5.41, 5.74) is 0.612. The highest BCUT2D eigenvalue weighted by atomic mass is 35.5. The number of carboxylic acids is 1. The Kier molecular flexibility index (Phi) is 6.73. The van der Waals surface area contributed by atoms with Crippen molar-refractivity contribution in [3.8, 4) is 0 Å². The number of carbonyl (C=O) groups excluding carboxylic acids is 2. The van der Waals surface area contributed by atoms with Crippen LogP contribution in [0.3, 0.4) is 0 Å². The molecule has 0 saturated carbocycles. The maximum absolute atomic E-state index is 11.9. The van der Waals surface area contributed by atoms with Gasteiger partial charge in [-0.2, -0.15) is 0 Å². The van der Waals surface area contributed by atoms with Crippen LogP contribution in [0.25, 0.3) is 0 Å². The summed E-state index contributed by atoms with van der Waals surface area (Å²) in [5, 5.41) is 7.90. The monoisotopic (exact) mass is 316 g/mol. The molecule has 0 aromatic heterocycles. The van der Waals surface area contributed by atoms with E-state index in [2.05, 4.69) is 6.58 Å². The average molecular weight is 317 g/mol. The largest absolute Gasteiger partial charge is 0.478 e. The van der Waals surface area contributed by atoms with Crippen LogP contribution in [0, 0.1) is 0 Å². The molecule has 4 nitrogen and oxygen atoms in total. The summed E-state index contributed by atoms with van der Waals surface area (Å²) in [6.45, 7) is 2.96. The van der Waals surface area contributed by atoms with E-state index in [0.717, 1.165) is 6.08 Å². The molecule has 2 aromatic carbocycles. The molecular formula is C17H13ClO4. The van der Waals surface area contributed by atoms with Gasteiger partial charge in [-0.15, -0.1) is 0 Å². The molecule has 0 spiro atoms. The van der Waals surface area contributed by atoms with E-state index >= 15 is 0 Å². The van der Waals surface area contributed by atoms with Crippen molar-refractivity contribution in [2.75, 3.05) is 0 Å². The zero-order chi connectivity index (χ0) is 16.5. The van der Waals surface area contributed by atoms with E-state index < -0.39 is 17.5 Å². The van der Waals surface area contributed by atoms with Crippen LogP contribution >= 0.6 is 11.6 Å². The molecule has 0 amide bonds. The molecule has 0 atom stereocenters. The Bertz CT molecular complexity index is 693. The van der Waals surface area contributed by atoms with Gasteiger partial charge in [0.2, 0.25) is 11.6 Å². The second-order valence-electron chi connectivity index (χ2n) is 4.05. The Morgan fingerprint density at radius 1 is 0.909 bits per heavy atom. The van der Waals surface area contributed by atoms with Crippen molar-refractivity contribution < 1.29 is 19.5 Å². The Hall–Kier alpha value is -2.72. The van der Waals surface area contributed by atoms with Crippen LogP contribution in [0.5, 0.6) is 0 Å². The number of halogens is 1. The first-order chi connectivity index (χ1) is 10.5. The van der Waals surface area contributed by atoms with Gasteiger partial charge in [0, 0.05) is 17.2 Å². The maximum atomic E-state index is 11.9. The number of carboxylic acid groups (broad SMARTS) is 1. The molecule has 0 heterocycles. The van der Waals surface area contributed by atoms with Gasteiger partial charge < -0.3 is 5.11 Å². The molecule has 5 heteroatoms. The molecule has 0 aliphatic heterocycles. The fourth-order valence-corrected chi connectivity index (χ4v) is 1.71. The molecule has 0 fully saturated rings. The first-order valence-electron chi connectivity index (χ1n) is 6.21. The van der Waals surface area contributed by atoms with Crippen LogP contribution in [0.4, 0.5) is 0 Å². The second kappa shape index (κ2) is 8.54. The van der Waals surface area contributed by atoms with Crippen LogP contribution in [-0.4, -0.2) is 22.6 Å². The van der Waals surface area contributed by atoms with E-state index in [-0.39, 0.29) is 5.56 Å². The average Bonchev–Trinajstić information content (AvgIpc) is 2.55. The number of hydrogen-bond donors (Lipinski definition) is 1. The lowest BCUT2D eigenvalue weighted by molar-refractivity contribution is -0.131. The quantitative estimate of drug-likeness (QED) is 0.531. The number of aliphatic carboxylic acids is 1. The number of ketones is 2. The molecule has 0 radical (unpaired) electrons. The van der Waals surface area contributed by atoms with Gasteiger partial charge in [0.15, 0.2) is 0 Å². The van der Waals surface area contributed by atoms with Crippen molar-refractivity contribution >= 4 is 29.1 Å². The van der Waals surface area contributed by atoms with Crippen molar-refractivity contribution in [2.24, 2.45) is 0 Å². The zero-order valence-electron chi connectivity index (χ0n) is 11.5. The SMILES string of the molecule is C=CC(=O)O.O=C(C(=O)c1ccccc1Cl)c1ccccc1. The third kappa shape index (κ3) is 5.00. The highest BCUT2D eigenvalue weighted by Crippen LogP contribution is 2.17. The molecule has 0 unspecified atom stereocenters. The van der Waals surface area contributed by atoms with E-state index in [1.54, 1.807) is 54.6 Å². The Morgan fingerprint density at radius 3 is 1.91 bits per heavy atom. The smallest absolute Gasteiger partial charge is 0.327 e. The minimum absolute atomic E-state index is 0.239. The number of carbonyl (C=O) groups is 3. The van der Waals surface area contributed by atoms with E-state index in [9.17, 15) is 14.4 Å². The van der Waals surface area contributed by atoms with Crippen molar-refractivity contribution in [1.82, 2.24) is 0 Å². The number of hydrogen-bond acceptors (Lipinski definition) is 3. The molecule has 0 aliphatic rings. The standard InChI is InChI=1S/C14H9ClO2.C3H4O2/c15-12-9-5-4-8-11(12)14(17)13(16)10-6-2-1-3-7-10;1-2-3(4)5/h1-9H;2H,1H2,(H,4,5). The van der Waals surface area contributed by atoms with Crippen LogP contribution in [0.2, 0.25) is 5.02 Å². The van der Waals surface area contributed by atoms with Gasteiger partial charge in [-0.3, -0.25) is 9.59 Å². The Balaban J connectivity index is 0.000000422. The zero-order valence-corrected chi connectivity index (χ0v) is 12.3. The molecule has 0 bridgehead atoms. The third-order valence-corrected chi connectivity index (χ3v) is 2.86. The minimum atomic E-state index is -0.981. The molecule has 2 aromatic rings. The van der Waals surface area contributed by atoms with Gasteiger partial charge in [0.1, 0.15) is 0 Å². The molecule has 2 rings (SSSR count). The summed E-state index contributed by atoms with van der Waals surface area (Å²) >= 11 is 5.88. The predicted molar refractivity (Wildman–Crippen MR) is 84.4 cm³/mol. The number of Topliss-reactive ketones (excluding diaryl/α,β-unsaturated/α-hetero) is 2. The summed E-state index contributed by atoms with van der Waals surface area (Å²) in [4.78, 5) is 33.1. The van der Waals surface area contributed by atoms with Crippen molar-refractivity contribution in [2.45, 2.75) is 0 Å². The summed E-state index contributed by atoms with van der Waals surface area (Å²) in [7, 11) is 0. The number of benzene rings is 2. The summed E-state index contributed by atoms with van der Waals surface area (Å²) in [6, 6.07) is 15.0. The topological polar surface area (TPSA) is 71.4 Å². The van der Waals surface area contributed by atoms with E-state index in [1.807, 2.05) is 0 Å². The Labute approximate surface area is 132 Å². The Morgan fingerprint density at radius 2 is 1.41 bits per heavy atom. The van der Waals surface area contributed by atoms with Crippen LogP contribution in [-0.2, 0) is 4.79 Å². The van der Waals surface area contributed by atoms with Gasteiger partial charge in [0.05, 0.1) is 5.02 Å². The van der Waals surface area contributed by atoms with Crippen molar-refractivity contribution in [3.63, 3.8) is 0 Å². The van der Waals surface area contributed by atoms with Gasteiger partial charge >= 0.3 is 5.97 Å². The first-order valence-corrected chi connectivity index (χ1v) is 6.59. The van der Waals surface area contributed by atoms with Crippen LogP contribution < -0.4 is 0 Å². The minimum Gasteiger partial charge on any atom is -0.478 e. The molecule has 0 saturated heterocycles. The summed E-state index contributed by atoms with van der Waals surface area (Å²) in [6.07, 6.45) is 0.833. The van der Waals surface area contributed by atoms with Crippen LogP contribution in [0.1, 0.15) is 20.7 Å². The molecule has 0 aliphatic carbocycles. The maximum Gasteiger partial charge on any atom is 0.327 e. The van der Waals surface area contributed by atoms with Crippen LogP contribution in [0.15, 0.2) is 67.3 Å². The molecule has 22 heavy (non-hydrogen) atoms. The lowest BCUT2D eigenvalue weighted by Crippen LogP contribution is -2.14.